The van der Waals surface area contributed by atoms with Crippen molar-refractivity contribution in [2.24, 2.45) is 0 Å². The molecule has 2 aromatic carbocycles. The normalized spacial score (nSPS) is 10.8. The number of benzene rings is 2. The van der Waals surface area contributed by atoms with Crippen molar-refractivity contribution < 1.29 is 14.4 Å². The van der Waals surface area contributed by atoms with Gasteiger partial charge in [-0.05, 0) is 30.7 Å². The molecule has 1 amide bonds. The van der Waals surface area contributed by atoms with E-state index >= 15 is 0 Å². The first-order valence-electron chi connectivity index (χ1n) is 9.06. The number of hydrogen-bond acceptors (Lipinski definition) is 4. The lowest BCUT2D eigenvalue weighted by Gasteiger charge is -2.23. The molecule has 0 aliphatic carbocycles. The van der Waals surface area contributed by atoms with Gasteiger partial charge in [0.1, 0.15) is 6.54 Å². The summed E-state index contributed by atoms with van der Waals surface area (Å²) in [6.07, 6.45) is 3.43. The van der Waals surface area contributed by atoms with E-state index < -0.39 is 9.57 Å². The lowest BCUT2D eigenvalue weighted by atomic mass is 10.1. The van der Waals surface area contributed by atoms with Crippen LogP contribution in [0.1, 0.15) is 30.1 Å². The maximum atomic E-state index is 13.0. The number of rotatable bonds is 8. The Bertz CT molecular complexity index is 1010. The molecule has 0 aliphatic rings. The van der Waals surface area contributed by atoms with E-state index in [9.17, 15) is 14.4 Å². The third-order valence-corrected chi connectivity index (χ3v) is 4.97. The predicted octanol–water partition coefficient (Wildman–Crippen LogP) is 4.01. The minimum atomic E-state index is -0.586. The molecule has 1 aromatic heterocycles. The van der Waals surface area contributed by atoms with E-state index in [1.807, 2.05) is 30.3 Å². The van der Waals surface area contributed by atoms with Gasteiger partial charge in [0.15, 0.2) is 0 Å². The summed E-state index contributed by atoms with van der Waals surface area (Å²) in [6, 6.07) is 14.7. The molecular weight excluding hydrogens is 469 g/mol. The third kappa shape index (κ3) is 4.30. The maximum absolute atomic E-state index is 13.0. The van der Waals surface area contributed by atoms with Crippen LogP contribution in [-0.4, -0.2) is 31.6 Å². The zero-order valence-corrected chi connectivity index (χ0v) is 17.6. The number of anilines is 1. The number of hydrogen-bond donors (Lipinski definition) is 0. The molecule has 0 fully saturated rings. The molecule has 1 heterocycles. The summed E-state index contributed by atoms with van der Waals surface area (Å²) < 4.78 is 1.15. The van der Waals surface area contributed by atoms with Crippen LogP contribution < -0.4 is 4.90 Å². The highest BCUT2D eigenvalue weighted by molar-refractivity contribution is 14.1. The Hall–Kier alpha value is -2.55. The first kappa shape index (κ1) is 20.2. The van der Waals surface area contributed by atoms with Gasteiger partial charge in [0, 0.05) is 34.8 Å². The lowest BCUT2D eigenvalue weighted by molar-refractivity contribution is -0.119. The predicted molar refractivity (Wildman–Crippen MR) is 117 cm³/mol. The van der Waals surface area contributed by atoms with Crippen LogP contribution in [0.5, 0.6) is 0 Å². The van der Waals surface area contributed by atoms with Gasteiger partial charge in [-0.3, -0.25) is 14.4 Å². The Kier molecular flexibility index (Phi) is 6.56. The average Bonchev–Trinajstić information content (AvgIpc) is 3.11. The maximum Gasteiger partial charge on any atom is 0.262 e. The molecule has 144 valence electrons. The van der Waals surface area contributed by atoms with E-state index in [4.69, 9.17) is 0 Å². The molecule has 0 radical (unpaired) electrons. The second-order valence-electron chi connectivity index (χ2n) is 6.38. The summed E-state index contributed by atoms with van der Waals surface area (Å²) in [4.78, 5) is 42.7. The highest BCUT2D eigenvalue weighted by Crippen LogP contribution is 2.21. The second kappa shape index (κ2) is 9.09. The van der Waals surface area contributed by atoms with Gasteiger partial charge in [0.05, 0.1) is 22.9 Å². The van der Waals surface area contributed by atoms with Crippen LogP contribution >= 0.6 is 22.6 Å². The largest absolute Gasteiger partial charge is 0.321 e. The molecule has 28 heavy (non-hydrogen) atoms. The molecule has 0 atom stereocenters. The first-order chi connectivity index (χ1) is 13.5. The molecule has 6 nitrogen and oxygen atoms in total. The molecule has 0 unspecified atom stereocenters. The van der Waals surface area contributed by atoms with Crippen molar-refractivity contribution in [2.45, 2.75) is 26.3 Å². The number of amides is 1. The highest BCUT2D eigenvalue weighted by atomic mass is 127. The smallest absolute Gasteiger partial charge is 0.262 e. The summed E-state index contributed by atoms with van der Waals surface area (Å²) >= 11 is 1.48. The van der Waals surface area contributed by atoms with Gasteiger partial charge in [-0.15, -0.1) is 0 Å². The molecule has 3 aromatic rings. The van der Waals surface area contributed by atoms with Gasteiger partial charge >= 0.3 is 0 Å². The molecule has 7 heteroatoms. The van der Waals surface area contributed by atoms with E-state index in [1.165, 1.54) is 22.6 Å². The molecule has 0 N–H and O–H groups in total. The average molecular weight is 489 g/mol. The summed E-state index contributed by atoms with van der Waals surface area (Å²) in [7, 11) is 0. The van der Waals surface area contributed by atoms with Gasteiger partial charge in [0.25, 0.3) is 3.79 Å². The second-order valence-corrected chi connectivity index (χ2v) is 7.36. The van der Waals surface area contributed by atoms with Crippen LogP contribution in [-0.2, 0) is 16.1 Å². The number of ketones is 1. The molecular formula is C21H20IN3O3. The molecule has 0 bridgehead atoms. The van der Waals surface area contributed by atoms with Crippen molar-refractivity contribution in [3.8, 4) is 0 Å². The lowest BCUT2D eigenvalue weighted by Crippen LogP contribution is -2.34. The quantitative estimate of drug-likeness (QED) is 0.208. The topological polar surface area (TPSA) is 72.3 Å². The molecule has 0 saturated heterocycles. The van der Waals surface area contributed by atoms with E-state index in [-0.39, 0.29) is 18.0 Å². The van der Waals surface area contributed by atoms with Crippen molar-refractivity contribution in [3.63, 3.8) is 0 Å². The zero-order valence-electron chi connectivity index (χ0n) is 15.5. The third-order valence-electron chi connectivity index (χ3n) is 4.48. The van der Waals surface area contributed by atoms with Crippen molar-refractivity contribution in [1.29, 1.82) is 0 Å². The Balaban J connectivity index is 1.90. The van der Waals surface area contributed by atoms with Crippen molar-refractivity contribution in [1.82, 2.24) is 9.55 Å². The minimum Gasteiger partial charge on any atom is -0.321 e. The van der Waals surface area contributed by atoms with E-state index in [1.54, 1.807) is 34.0 Å². The van der Waals surface area contributed by atoms with Crippen LogP contribution in [0.3, 0.4) is 0 Å². The number of aromatic nitrogens is 2. The Labute approximate surface area is 176 Å². The number of carbonyl (C=O) groups is 3. The number of nitrogens with zero attached hydrogens (tertiary/aromatic N) is 3. The fraction of sp³-hybridized carbons (Fsp3) is 0.238. The Morgan fingerprint density at radius 3 is 2.50 bits per heavy atom. The van der Waals surface area contributed by atoms with Gasteiger partial charge in [-0.1, -0.05) is 37.6 Å². The minimum absolute atomic E-state index is 0.0550. The summed E-state index contributed by atoms with van der Waals surface area (Å²) in [5.74, 6) is -0.641. The number of imidazole rings is 1. The molecule has 0 spiro atoms. The van der Waals surface area contributed by atoms with Crippen LogP contribution in [0.15, 0.2) is 54.9 Å². The molecule has 0 saturated carbocycles. The highest BCUT2D eigenvalue weighted by Gasteiger charge is 2.20. The van der Waals surface area contributed by atoms with Crippen molar-refractivity contribution in [3.05, 3.63) is 60.4 Å². The van der Waals surface area contributed by atoms with Crippen LogP contribution in [0.2, 0.25) is 0 Å². The van der Waals surface area contributed by atoms with E-state index in [0.29, 0.717) is 17.6 Å². The number of Topliss-reactive ketones (excluding diaryl/α,β-unsaturated/α-hetero) is 1. The van der Waals surface area contributed by atoms with Gasteiger partial charge in [-0.25, -0.2) is 4.98 Å². The summed E-state index contributed by atoms with van der Waals surface area (Å²) in [5.41, 5.74) is 2.20. The SMILES string of the molecule is CCCCN(C(=O)Cn1cnc2c(C(=O)C(=O)I)cccc21)c1ccccc1. The summed E-state index contributed by atoms with van der Waals surface area (Å²) in [5, 5.41) is 0. The standard InChI is InChI=1S/C21H20IN3O3/c1-2-3-12-25(15-8-5-4-6-9-15)18(26)13-24-14-23-19-16(20(27)21(22)28)10-7-11-17(19)24/h4-11,14H,2-3,12-13H2,1H3. The van der Waals surface area contributed by atoms with Crippen LogP contribution in [0.25, 0.3) is 11.0 Å². The first-order valence-corrected chi connectivity index (χ1v) is 10.1. The number of fused-ring (bicyclic) bond motifs is 1. The zero-order chi connectivity index (χ0) is 20.1. The van der Waals surface area contributed by atoms with Crippen molar-refractivity contribution >= 4 is 54.8 Å². The van der Waals surface area contributed by atoms with Gasteiger partial charge in [-0.2, -0.15) is 0 Å². The van der Waals surface area contributed by atoms with Crippen LogP contribution in [0, 0.1) is 0 Å². The number of carbonyl (C=O) groups excluding carboxylic acids is 3. The summed E-state index contributed by atoms with van der Waals surface area (Å²) in [6.45, 7) is 2.83. The van der Waals surface area contributed by atoms with Crippen molar-refractivity contribution in [2.75, 3.05) is 11.4 Å². The Morgan fingerprint density at radius 1 is 1.07 bits per heavy atom. The number of halogens is 1. The molecule has 3 rings (SSSR count). The Morgan fingerprint density at radius 2 is 1.82 bits per heavy atom. The monoisotopic (exact) mass is 489 g/mol. The van der Waals surface area contributed by atoms with Gasteiger partial charge < -0.3 is 9.47 Å². The van der Waals surface area contributed by atoms with E-state index in [2.05, 4.69) is 11.9 Å². The fourth-order valence-corrected chi connectivity index (χ4v) is 3.35. The van der Waals surface area contributed by atoms with Crippen LogP contribution in [0.4, 0.5) is 5.69 Å². The number of unbranched alkanes of at least 4 members (excludes halogenated alkanes) is 1. The van der Waals surface area contributed by atoms with Gasteiger partial charge in [0.2, 0.25) is 11.7 Å². The van der Waals surface area contributed by atoms with E-state index in [0.717, 1.165) is 18.5 Å². The molecule has 0 aliphatic heterocycles. The number of para-hydroxylation sites is 2. The fourth-order valence-electron chi connectivity index (χ4n) is 3.06.